The van der Waals surface area contributed by atoms with Crippen molar-refractivity contribution in [2.45, 2.75) is 43.9 Å². The van der Waals surface area contributed by atoms with Gasteiger partial charge in [-0.05, 0) is 38.8 Å². The summed E-state index contributed by atoms with van der Waals surface area (Å²) in [6, 6.07) is 3.29. The zero-order chi connectivity index (χ0) is 18.0. The number of thiophene rings is 1. The molecular weight excluding hydrogens is 362 g/mol. The van der Waals surface area contributed by atoms with Gasteiger partial charge in [-0.15, -0.1) is 11.3 Å². The van der Waals surface area contributed by atoms with E-state index in [-0.39, 0.29) is 18.9 Å². The topological polar surface area (TPSA) is 92.5 Å². The molecule has 9 heteroatoms. The Morgan fingerprint density at radius 3 is 2.68 bits per heavy atom. The molecule has 25 heavy (non-hydrogen) atoms. The van der Waals surface area contributed by atoms with Crippen LogP contribution in [0.15, 0.2) is 20.8 Å². The maximum absolute atomic E-state index is 12.5. The van der Waals surface area contributed by atoms with Crippen LogP contribution < -0.4 is 5.32 Å². The summed E-state index contributed by atoms with van der Waals surface area (Å²) in [4.78, 5) is 17.0. The van der Waals surface area contributed by atoms with Crippen molar-refractivity contribution in [3.8, 4) is 0 Å². The Hall–Kier alpha value is -1.71. The monoisotopic (exact) mass is 383 g/mol. The number of aryl methyl sites for hydroxylation is 2. The van der Waals surface area contributed by atoms with Gasteiger partial charge in [0.2, 0.25) is 11.8 Å². The number of nitrogens with one attached hydrogen (secondary N) is 1. The van der Waals surface area contributed by atoms with Gasteiger partial charge in [0.05, 0.1) is 18.7 Å². The van der Waals surface area contributed by atoms with Crippen molar-refractivity contribution in [1.29, 1.82) is 0 Å². The van der Waals surface area contributed by atoms with Gasteiger partial charge in [0.1, 0.15) is 9.97 Å². The summed E-state index contributed by atoms with van der Waals surface area (Å²) in [5, 5.41) is 2.74. The van der Waals surface area contributed by atoms with E-state index in [1.54, 1.807) is 12.1 Å². The van der Waals surface area contributed by atoms with Crippen LogP contribution in [0.25, 0.3) is 0 Å². The summed E-state index contributed by atoms with van der Waals surface area (Å²) in [5.74, 6) is 1.01. The molecule has 2 aromatic rings. The second-order valence-electron chi connectivity index (χ2n) is 6.03. The number of carbonyl (C=O) groups excluding carboxylic acids is 1. The lowest BCUT2D eigenvalue weighted by atomic mass is 10.3. The van der Waals surface area contributed by atoms with E-state index < -0.39 is 10.0 Å². The van der Waals surface area contributed by atoms with Crippen molar-refractivity contribution < 1.29 is 17.6 Å². The van der Waals surface area contributed by atoms with Gasteiger partial charge in [0.15, 0.2) is 0 Å². The molecule has 0 unspecified atom stereocenters. The SMILES string of the molecule is Cc1nc(CNC(=O)Cc2ccc(S(=O)(=O)N3CCCC3)s2)oc1C. The number of carbonyl (C=O) groups is 1. The average Bonchev–Trinajstić information content (AvgIpc) is 3.28. The van der Waals surface area contributed by atoms with Crippen LogP contribution in [0.3, 0.4) is 0 Å². The van der Waals surface area contributed by atoms with Crippen LogP contribution in [0.5, 0.6) is 0 Å². The third-order valence-electron chi connectivity index (χ3n) is 4.14. The van der Waals surface area contributed by atoms with Crippen LogP contribution in [-0.4, -0.2) is 36.7 Å². The highest BCUT2D eigenvalue weighted by Crippen LogP contribution is 2.27. The molecule has 7 nitrogen and oxygen atoms in total. The first-order valence-corrected chi connectivity index (χ1v) is 10.4. The average molecular weight is 383 g/mol. The van der Waals surface area contributed by atoms with E-state index in [9.17, 15) is 13.2 Å². The summed E-state index contributed by atoms with van der Waals surface area (Å²) < 4.78 is 32.2. The quantitative estimate of drug-likeness (QED) is 0.824. The number of hydrogen-bond acceptors (Lipinski definition) is 6. The lowest BCUT2D eigenvalue weighted by Crippen LogP contribution is -2.27. The maximum atomic E-state index is 12.5. The van der Waals surface area contributed by atoms with Crippen LogP contribution in [0, 0.1) is 13.8 Å². The third kappa shape index (κ3) is 4.10. The number of sulfonamides is 1. The predicted molar refractivity (Wildman–Crippen MR) is 93.8 cm³/mol. The molecule has 1 N–H and O–H groups in total. The fraction of sp³-hybridized carbons (Fsp3) is 0.500. The Kier molecular flexibility index (Phi) is 5.26. The first-order valence-electron chi connectivity index (χ1n) is 8.15. The smallest absolute Gasteiger partial charge is 0.252 e. The van der Waals surface area contributed by atoms with E-state index in [0.717, 1.165) is 40.5 Å². The minimum absolute atomic E-state index is 0.138. The number of rotatable bonds is 6. The number of nitrogens with zero attached hydrogens (tertiary/aromatic N) is 2. The van der Waals surface area contributed by atoms with Gasteiger partial charge in [-0.25, -0.2) is 13.4 Å². The number of amides is 1. The molecule has 1 fully saturated rings. The molecule has 0 radical (unpaired) electrons. The molecule has 0 bridgehead atoms. The van der Waals surface area contributed by atoms with E-state index in [4.69, 9.17) is 4.42 Å². The normalized spacial score (nSPS) is 15.6. The summed E-state index contributed by atoms with van der Waals surface area (Å²) in [6.45, 7) is 5.04. The number of hydrogen-bond donors (Lipinski definition) is 1. The second kappa shape index (κ2) is 7.27. The first kappa shape index (κ1) is 18.1. The van der Waals surface area contributed by atoms with Gasteiger partial charge >= 0.3 is 0 Å². The van der Waals surface area contributed by atoms with E-state index in [1.807, 2.05) is 13.8 Å². The molecular formula is C16H21N3O4S2. The summed E-state index contributed by atoms with van der Waals surface area (Å²) >= 11 is 1.15. The molecule has 2 aromatic heterocycles. The molecule has 0 spiro atoms. The summed E-state index contributed by atoms with van der Waals surface area (Å²) in [6.07, 6.45) is 1.94. The summed E-state index contributed by atoms with van der Waals surface area (Å²) in [5.41, 5.74) is 0.805. The van der Waals surface area contributed by atoms with E-state index >= 15 is 0 Å². The minimum Gasteiger partial charge on any atom is -0.444 e. The second-order valence-corrected chi connectivity index (χ2v) is 9.37. The molecule has 1 aliphatic rings. The van der Waals surface area contributed by atoms with E-state index in [1.165, 1.54) is 4.31 Å². The molecule has 3 rings (SSSR count). The van der Waals surface area contributed by atoms with Crippen LogP contribution in [0.2, 0.25) is 0 Å². The Balaban J connectivity index is 1.58. The Labute approximate surface area is 151 Å². The Morgan fingerprint density at radius 1 is 1.32 bits per heavy atom. The van der Waals surface area contributed by atoms with Gasteiger partial charge in [-0.2, -0.15) is 4.31 Å². The molecule has 1 amide bonds. The highest BCUT2D eigenvalue weighted by Gasteiger charge is 2.28. The molecule has 0 aliphatic carbocycles. The van der Waals surface area contributed by atoms with Gasteiger partial charge in [0.25, 0.3) is 10.0 Å². The van der Waals surface area contributed by atoms with Crippen molar-refractivity contribution in [2.24, 2.45) is 0 Å². The van der Waals surface area contributed by atoms with E-state index in [0.29, 0.717) is 23.2 Å². The summed E-state index contributed by atoms with van der Waals surface area (Å²) in [7, 11) is -3.42. The Bertz CT molecular complexity index is 844. The van der Waals surface area contributed by atoms with Gasteiger partial charge in [0, 0.05) is 18.0 Å². The lowest BCUT2D eigenvalue weighted by Gasteiger charge is -2.13. The molecule has 1 saturated heterocycles. The number of aromatic nitrogens is 1. The third-order valence-corrected chi connectivity index (χ3v) is 7.59. The molecule has 3 heterocycles. The standard InChI is InChI=1S/C16H21N3O4S2/c1-11-12(2)23-15(18-11)10-17-14(20)9-13-5-6-16(24-13)25(21,22)19-7-3-4-8-19/h5-6H,3-4,7-10H2,1-2H3,(H,17,20). The fourth-order valence-corrected chi connectivity index (χ4v) is 5.68. The lowest BCUT2D eigenvalue weighted by molar-refractivity contribution is -0.120. The fourth-order valence-electron chi connectivity index (χ4n) is 2.66. The molecule has 0 atom stereocenters. The highest BCUT2D eigenvalue weighted by atomic mass is 32.2. The van der Waals surface area contributed by atoms with Crippen molar-refractivity contribution in [1.82, 2.24) is 14.6 Å². The van der Waals surface area contributed by atoms with Gasteiger partial charge in [-0.1, -0.05) is 0 Å². The van der Waals surface area contributed by atoms with Crippen LogP contribution in [0.4, 0.5) is 0 Å². The zero-order valence-electron chi connectivity index (χ0n) is 14.2. The minimum atomic E-state index is -3.42. The molecule has 136 valence electrons. The predicted octanol–water partition coefficient (Wildman–Crippen LogP) is 2.00. The van der Waals surface area contributed by atoms with E-state index in [2.05, 4.69) is 10.3 Å². The maximum Gasteiger partial charge on any atom is 0.252 e. The molecule has 1 aliphatic heterocycles. The van der Waals surface area contributed by atoms with Gasteiger partial charge in [-0.3, -0.25) is 4.79 Å². The molecule has 0 aromatic carbocycles. The zero-order valence-corrected chi connectivity index (χ0v) is 15.9. The Morgan fingerprint density at radius 2 is 2.04 bits per heavy atom. The van der Waals surface area contributed by atoms with Crippen molar-refractivity contribution in [3.63, 3.8) is 0 Å². The van der Waals surface area contributed by atoms with Crippen molar-refractivity contribution in [2.75, 3.05) is 13.1 Å². The molecule has 0 saturated carbocycles. The van der Waals surface area contributed by atoms with Crippen LogP contribution in [-0.2, 0) is 27.8 Å². The number of oxazole rings is 1. The highest BCUT2D eigenvalue weighted by molar-refractivity contribution is 7.91. The first-order chi connectivity index (χ1) is 11.9. The van der Waals surface area contributed by atoms with Crippen molar-refractivity contribution >= 4 is 27.3 Å². The largest absolute Gasteiger partial charge is 0.444 e. The van der Waals surface area contributed by atoms with Crippen LogP contribution >= 0.6 is 11.3 Å². The van der Waals surface area contributed by atoms with Crippen LogP contribution in [0.1, 0.15) is 35.1 Å². The van der Waals surface area contributed by atoms with Gasteiger partial charge < -0.3 is 9.73 Å². The van der Waals surface area contributed by atoms with Crippen molar-refractivity contribution in [3.05, 3.63) is 34.4 Å².